The van der Waals surface area contributed by atoms with Gasteiger partial charge in [-0.1, -0.05) is 0 Å². The lowest BCUT2D eigenvalue weighted by molar-refractivity contribution is -0.264. The summed E-state index contributed by atoms with van der Waals surface area (Å²) in [4.78, 5) is 14.5. The normalized spacial score (nSPS) is 30.6. The van der Waals surface area contributed by atoms with Gasteiger partial charge in [-0.15, -0.1) is 0 Å². The lowest BCUT2D eigenvalue weighted by Crippen LogP contribution is -2.64. The van der Waals surface area contributed by atoms with E-state index < -0.39 is 74.3 Å². The number of H-pyrrole nitrogens is 1. The van der Waals surface area contributed by atoms with Gasteiger partial charge >= 0.3 is 0 Å². The van der Waals surface area contributed by atoms with Gasteiger partial charge in [0.2, 0.25) is 0 Å². The Hall–Kier alpha value is -1.89. The number of aromatic nitrogens is 4. The summed E-state index contributed by atoms with van der Waals surface area (Å²) in [6.45, 7) is -1.67. The van der Waals surface area contributed by atoms with Crippen molar-refractivity contribution in [2.45, 2.75) is 61.0 Å². The molecule has 0 aromatic carbocycles. The second-order valence-electron chi connectivity index (χ2n) is 7.17. The molecule has 1 aliphatic rings. The molecular weight excluding hydrogens is 436 g/mol. The van der Waals surface area contributed by atoms with Crippen molar-refractivity contribution >= 4 is 11.2 Å². The number of nitrogens with one attached hydrogen (secondary N) is 1. The van der Waals surface area contributed by atoms with Crippen LogP contribution in [0, 0.1) is 0 Å². The molecule has 3 rings (SSSR count). The summed E-state index contributed by atoms with van der Waals surface area (Å²) in [7, 11) is 0. The molecule has 32 heavy (non-hydrogen) atoms. The van der Waals surface area contributed by atoms with Crippen molar-refractivity contribution in [3.8, 4) is 0 Å². The van der Waals surface area contributed by atoms with E-state index in [2.05, 4.69) is 19.9 Å². The summed E-state index contributed by atoms with van der Waals surface area (Å²) >= 11 is 0. The number of aliphatic hydroxyl groups excluding tert-OH is 10. The maximum atomic E-state index is 9.98. The molecule has 1 aliphatic heterocycles. The zero-order valence-electron chi connectivity index (χ0n) is 16.6. The van der Waals surface area contributed by atoms with Gasteiger partial charge in [0.05, 0.1) is 25.7 Å². The third kappa shape index (κ3) is 5.91. The number of hydrogen-bond donors (Lipinski definition) is 11. The highest BCUT2D eigenvalue weighted by molar-refractivity contribution is 5.67. The van der Waals surface area contributed by atoms with Crippen LogP contribution >= 0.6 is 0 Å². The molecule has 15 nitrogen and oxygen atoms in total. The maximum Gasteiger partial charge on any atom is 0.180 e. The summed E-state index contributed by atoms with van der Waals surface area (Å²) in [5.74, 6) is 0. The van der Waals surface area contributed by atoms with Gasteiger partial charge in [0.1, 0.15) is 72.9 Å². The summed E-state index contributed by atoms with van der Waals surface area (Å²) in [5.41, 5.74) is 1.59. The van der Waals surface area contributed by atoms with E-state index in [1.165, 1.54) is 6.33 Å². The molecule has 0 amide bonds. The smallest absolute Gasteiger partial charge is 0.180 e. The summed E-state index contributed by atoms with van der Waals surface area (Å²) in [6.07, 6.45) is -13.7. The Morgan fingerprint density at radius 2 is 1.59 bits per heavy atom. The molecule has 0 bridgehead atoms. The molecule has 6 unspecified atom stereocenters. The number of aliphatic hydroxyl groups is 10. The highest BCUT2D eigenvalue weighted by Crippen LogP contribution is 2.25. The zero-order chi connectivity index (χ0) is 24.0. The van der Waals surface area contributed by atoms with Gasteiger partial charge in [-0.2, -0.15) is 0 Å². The van der Waals surface area contributed by atoms with Gasteiger partial charge in [0.25, 0.3) is 0 Å². The Labute approximate surface area is 180 Å². The van der Waals surface area contributed by atoms with E-state index in [9.17, 15) is 40.9 Å². The topological polar surface area (TPSA) is 266 Å². The minimum Gasteiger partial charge on any atom is -0.394 e. The van der Waals surface area contributed by atoms with Gasteiger partial charge in [0, 0.05) is 0 Å². The summed E-state index contributed by atoms with van der Waals surface area (Å²) < 4.78 is 5.01. The summed E-state index contributed by atoms with van der Waals surface area (Å²) in [6, 6.07) is 0. The lowest BCUT2D eigenvalue weighted by Gasteiger charge is -2.43. The minimum atomic E-state index is -2.13. The summed E-state index contributed by atoms with van der Waals surface area (Å²) in [5, 5.41) is 94.9. The molecule has 0 spiro atoms. The van der Waals surface area contributed by atoms with E-state index in [-0.39, 0.29) is 0 Å². The van der Waals surface area contributed by atoms with E-state index in [1.807, 2.05) is 0 Å². The molecule has 2 aromatic heterocycles. The Morgan fingerprint density at radius 3 is 2.19 bits per heavy atom. The number of aromatic amines is 1. The van der Waals surface area contributed by atoms with Gasteiger partial charge in [-0.25, -0.2) is 15.0 Å². The van der Waals surface area contributed by atoms with Crippen LogP contribution in [-0.2, 0) is 4.74 Å². The Morgan fingerprint density at radius 1 is 0.906 bits per heavy atom. The second-order valence-corrected chi connectivity index (χ2v) is 7.17. The fraction of sp³-hybridized carbons (Fsp3) is 0.706. The third-order valence-electron chi connectivity index (χ3n) is 4.99. The number of fused-ring (bicyclic) bond motifs is 1. The fourth-order valence-electron chi connectivity index (χ4n) is 3.04. The van der Waals surface area contributed by atoms with E-state index >= 15 is 0 Å². The van der Waals surface area contributed by atoms with Crippen molar-refractivity contribution in [1.82, 2.24) is 19.9 Å². The molecule has 2 aromatic rings. The largest absolute Gasteiger partial charge is 0.394 e. The molecule has 182 valence electrons. The van der Waals surface area contributed by atoms with Crippen molar-refractivity contribution in [2.24, 2.45) is 0 Å². The molecule has 11 N–H and O–H groups in total. The molecule has 3 heterocycles. The van der Waals surface area contributed by atoms with Gasteiger partial charge in [-0.05, 0) is 0 Å². The number of rotatable bonds is 7. The van der Waals surface area contributed by atoms with Crippen LogP contribution < -0.4 is 0 Å². The van der Waals surface area contributed by atoms with Crippen molar-refractivity contribution in [3.05, 3.63) is 18.9 Å². The van der Waals surface area contributed by atoms with Crippen LogP contribution in [0.3, 0.4) is 0 Å². The number of nitrogens with zero attached hydrogens (tertiary/aromatic N) is 3. The van der Waals surface area contributed by atoms with Gasteiger partial charge in [-0.3, -0.25) is 0 Å². The molecule has 1 fully saturated rings. The van der Waals surface area contributed by atoms with Crippen LogP contribution in [0.15, 0.2) is 18.9 Å². The predicted octanol–water partition coefficient (Wildman–Crippen LogP) is -6.02. The number of hydrogen-bond acceptors (Lipinski definition) is 14. The molecular formula is C17H28N4O11. The van der Waals surface area contributed by atoms with Crippen molar-refractivity contribution < 1.29 is 55.8 Å². The standard InChI is InChI=1S/C12H24O11.C5H4N4/c13-1-3(15)5(16)7(18)9(20)11(22)12-10(21)8(19)6(17)4(2-14)23-12;1-4-5(8-2-6-1)9-3-7-4/h3-22H,1-2H2;1-3H,(H,6,7,8,9)/t3?,4-,5?,6-,7?,8+,9?,10-,11?,12?;/m1./s1. The van der Waals surface area contributed by atoms with Crippen LogP contribution in [-0.4, -0.2) is 145 Å². The van der Waals surface area contributed by atoms with Crippen molar-refractivity contribution in [1.29, 1.82) is 0 Å². The first kappa shape index (κ1) is 26.4. The SMILES string of the molecule is OCC(O)C(O)C(O)C(O)C(O)C1O[C@H](CO)[C@@H](O)[C@H](O)[C@H]1O.c1ncc2[nH]cnc2n1. The van der Waals surface area contributed by atoms with Crippen LogP contribution in [0.25, 0.3) is 11.2 Å². The van der Waals surface area contributed by atoms with Gasteiger partial charge < -0.3 is 60.8 Å². The van der Waals surface area contributed by atoms with Crippen molar-refractivity contribution in [2.75, 3.05) is 13.2 Å². The first-order valence-electron chi connectivity index (χ1n) is 9.54. The minimum absolute atomic E-state index is 0.713. The van der Waals surface area contributed by atoms with Gasteiger partial charge in [0.15, 0.2) is 5.65 Å². The average Bonchev–Trinajstić information content (AvgIpc) is 3.29. The highest BCUT2D eigenvalue weighted by Gasteiger charge is 2.49. The molecule has 0 saturated carbocycles. The Bertz CT molecular complexity index is 781. The van der Waals surface area contributed by atoms with Crippen LogP contribution in [0.4, 0.5) is 0 Å². The Kier molecular flexibility index (Phi) is 9.74. The third-order valence-corrected chi connectivity index (χ3v) is 4.99. The predicted molar refractivity (Wildman–Crippen MR) is 103 cm³/mol. The van der Waals surface area contributed by atoms with Crippen LogP contribution in [0.1, 0.15) is 0 Å². The monoisotopic (exact) mass is 464 g/mol. The zero-order valence-corrected chi connectivity index (χ0v) is 16.6. The molecule has 15 heteroatoms. The highest BCUT2D eigenvalue weighted by atomic mass is 16.6. The lowest BCUT2D eigenvalue weighted by atomic mass is 9.88. The quantitative estimate of drug-likeness (QED) is 0.182. The fourth-order valence-corrected chi connectivity index (χ4v) is 3.04. The molecule has 10 atom stereocenters. The number of ether oxygens (including phenoxy) is 1. The second kappa shape index (κ2) is 11.8. The number of imidazole rings is 1. The van der Waals surface area contributed by atoms with Crippen molar-refractivity contribution in [3.63, 3.8) is 0 Å². The van der Waals surface area contributed by atoms with Crippen LogP contribution in [0.2, 0.25) is 0 Å². The van der Waals surface area contributed by atoms with E-state index in [0.717, 1.165) is 5.52 Å². The van der Waals surface area contributed by atoms with E-state index in [1.54, 1.807) is 12.5 Å². The Balaban J connectivity index is 0.000000329. The molecule has 0 radical (unpaired) electrons. The maximum absolute atomic E-state index is 9.98. The van der Waals surface area contributed by atoms with Crippen LogP contribution in [0.5, 0.6) is 0 Å². The molecule has 1 saturated heterocycles. The van der Waals surface area contributed by atoms with E-state index in [0.29, 0.717) is 5.65 Å². The first-order chi connectivity index (χ1) is 15.1. The first-order valence-corrected chi connectivity index (χ1v) is 9.54. The van der Waals surface area contributed by atoms with E-state index in [4.69, 9.17) is 14.9 Å². The molecule has 0 aliphatic carbocycles. The average molecular weight is 464 g/mol.